The molecule has 2 N–H and O–H groups in total. The highest BCUT2D eigenvalue weighted by molar-refractivity contribution is 14.0. The van der Waals surface area contributed by atoms with E-state index in [-0.39, 0.29) is 24.0 Å². The SMILES string of the molecule is CCNC(=NCc1cccnc1OCCOC)NC1CCN(c2ccccc2OC)C1.I. The van der Waals surface area contributed by atoms with Gasteiger partial charge < -0.3 is 29.7 Å². The van der Waals surface area contributed by atoms with E-state index in [1.165, 1.54) is 0 Å². The number of anilines is 1. The molecule has 2 heterocycles. The topological polar surface area (TPSA) is 80.2 Å². The Kier molecular flexibility index (Phi) is 11.4. The summed E-state index contributed by atoms with van der Waals surface area (Å²) in [4.78, 5) is 11.4. The fourth-order valence-electron chi connectivity index (χ4n) is 3.56. The predicted octanol–water partition coefficient (Wildman–Crippen LogP) is 3.07. The van der Waals surface area contributed by atoms with Crippen LogP contribution in [0.5, 0.6) is 11.6 Å². The number of aliphatic imine (C=N–C) groups is 1. The summed E-state index contributed by atoms with van der Waals surface area (Å²) in [7, 11) is 3.37. The number of rotatable bonds is 10. The van der Waals surface area contributed by atoms with Crippen LogP contribution in [0.3, 0.4) is 0 Å². The Morgan fingerprint density at radius 3 is 2.81 bits per heavy atom. The number of guanidine groups is 1. The molecule has 0 radical (unpaired) electrons. The van der Waals surface area contributed by atoms with Crippen molar-refractivity contribution in [2.75, 3.05) is 52.0 Å². The quantitative estimate of drug-likeness (QED) is 0.202. The second-order valence-electron chi connectivity index (χ2n) is 7.25. The molecule has 0 amide bonds. The van der Waals surface area contributed by atoms with Crippen LogP contribution in [0, 0.1) is 0 Å². The Labute approximate surface area is 207 Å². The van der Waals surface area contributed by atoms with E-state index in [1.54, 1.807) is 20.4 Å². The summed E-state index contributed by atoms with van der Waals surface area (Å²) in [5, 5.41) is 6.91. The summed E-state index contributed by atoms with van der Waals surface area (Å²) in [5.74, 6) is 2.30. The van der Waals surface area contributed by atoms with Gasteiger partial charge in [0.05, 0.1) is 25.9 Å². The number of ether oxygens (including phenoxy) is 3. The molecular formula is C23H34IN5O3. The molecule has 2 aromatic rings. The van der Waals surface area contributed by atoms with E-state index in [0.717, 1.165) is 49.0 Å². The Balaban J connectivity index is 0.00000363. The fourth-order valence-corrected chi connectivity index (χ4v) is 3.56. The number of hydrogen-bond donors (Lipinski definition) is 2. The zero-order valence-electron chi connectivity index (χ0n) is 19.0. The van der Waals surface area contributed by atoms with Crippen LogP contribution in [-0.4, -0.2) is 64.1 Å². The Hall–Kier alpha value is -2.27. The van der Waals surface area contributed by atoms with Crippen molar-refractivity contribution in [3.8, 4) is 11.6 Å². The highest BCUT2D eigenvalue weighted by atomic mass is 127. The summed E-state index contributed by atoms with van der Waals surface area (Å²) >= 11 is 0. The summed E-state index contributed by atoms with van der Waals surface area (Å²) in [5.41, 5.74) is 2.07. The average molecular weight is 555 g/mol. The van der Waals surface area contributed by atoms with Crippen LogP contribution in [-0.2, 0) is 11.3 Å². The number of aromatic nitrogens is 1. The van der Waals surface area contributed by atoms with Gasteiger partial charge in [-0.1, -0.05) is 18.2 Å². The third-order valence-corrected chi connectivity index (χ3v) is 5.08. The minimum absolute atomic E-state index is 0. The van der Waals surface area contributed by atoms with E-state index in [4.69, 9.17) is 19.2 Å². The third-order valence-electron chi connectivity index (χ3n) is 5.08. The Morgan fingerprint density at radius 1 is 1.19 bits per heavy atom. The molecule has 32 heavy (non-hydrogen) atoms. The molecule has 176 valence electrons. The molecule has 1 aromatic carbocycles. The van der Waals surface area contributed by atoms with Gasteiger partial charge >= 0.3 is 0 Å². The molecule has 1 aliphatic rings. The number of nitrogens with one attached hydrogen (secondary N) is 2. The number of benzene rings is 1. The van der Waals surface area contributed by atoms with E-state index in [0.29, 0.717) is 31.7 Å². The number of pyridine rings is 1. The number of hydrogen-bond acceptors (Lipinski definition) is 6. The molecule has 9 heteroatoms. The molecule has 3 rings (SSSR count). The van der Waals surface area contributed by atoms with Gasteiger partial charge in [-0.15, -0.1) is 24.0 Å². The van der Waals surface area contributed by atoms with E-state index >= 15 is 0 Å². The summed E-state index contributed by atoms with van der Waals surface area (Å²) in [6.07, 6.45) is 2.75. The van der Waals surface area contributed by atoms with Crippen molar-refractivity contribution in [1.82, 2.24) is 15.6 Å². The van der Waals surface area contributed by atoms with Gasteiger partial charge in [0.2, 0.25) is 5.88 Å². The first-order valence-electron chi connectivity index (χ1n) is 10.7. The number of halogens is 1. The van der Waals surface area contributed by atoms with E-state index in [2.05, 4.69) is 33.5 Å². The first kappa shape index (κ1) is 26.0. The molecule has 0 aliphatic carbocycles. The molecule has 1 aliphatic heterocycles. The molecule has 0 spiro atoms. The smallest absolute Gasteiger partial charge is 0.218 e. The van der Waals surface area contributed by atoms with Gasteiger partial charge in [-0.2, -0.15) is 0 Å². The van der Waals surface area contributed by atoms with Crippen LogP contribution in [0.15, 0.2) is 47.6 Å². The third kappa shape index (κ3) is 7.40. The normalized spacial score (nSPS) is 15.8. The van der Waals surface area contributed by atoms with Crippen LogP contribution in [0.1, 0.15) is 18.9 Å². The molecule has 1 fully saturated rings. The number of methoxy groups -OCH3 is 2. The van der Waals surface area contributed by atoms with Crippen molar-refractivity contribution in [2.24, 2.45) is 4.99 Å². The summed E-state index contributed by atoms with van der Waals surface area (Å²) in [6.45, 7) is 6.18. The van der Waals surface area contributed by atoms with Crippen molar-refractivity contribution < 1.29 is 14.2 Å². The van der Waals surface area contributed by atoms with Crippen molar-refractivity contribution >= 4 is 35.6 Å². The van der Waals surface area contributed by atoms with Crippen LogP contribution in [0.4, 0.5) is 5.69 Å². The first-order valence-corrected chi connectivity index (χ1v) is 10.7. The minimum atomic E-state index is 0. The zero-order chi connectivity index (χ0) is 21.9. The standard InChI is InChI=1S/C23H33N5O3.HI/c1-4-24-23(26-16-18-8-7-12-25-22(18)31-15-14-29-2)27-19-11-13-28(17-19)20-9-5-6-10-21(20)30-3;/h5-10,12,19H,4,11,13-17H2,1-3H3,(H2,24,26,27);1H. The molecule has 8 nitrogen and oxygen atoms in total. The lowest BCUT2D eigenvalue weighted by molar-refractivity contribution is 0.143. The maximum Gasteiger partial charge on any atom is 0.218 e. The van der Waals surface area contributed by atoms with Gasteiger partial charge in [-0.3, -0.25) is 0 Å². The lowest BCUT2D eigenvalue weighted by atomic mass is 10.2. The van der Waals surface area contributed by atoms with Crippen molar-refractivity contribution in [1.29, 1.82) is 0 Å². The molecule has 1 atom stereocenters. The minimum Gasteiger partial charge on any atom is -0.495 e. The maximum absolute atomic E-state index is 5.72. The average Bonchev–Trinajstić information content (AvgIpc) is 3.27. The molecule has 0 saturated carbocycles. The second kappa shape index (κ2) is 14.0. The molecular weight excluding hydrogens is 521 g/mol. The highest BCUT2D eigenvalue weighted by Crippen LogP contribution is 2.30. The Bertz CT molecular complexity index is 852. The summed E-state index contributed by atoms with van der Waals surface area (Å²) < 4.78 is 16.3. The molecule has 1 saturated heterocycles. The van der Waals surface area contributed by atoms with Gasteiger partial charge in [-0.25, -0.2) is 9.98 Å². The van der Waals surface area contributed by atoms with E-state index in [1.807, 2.05) is 30.3 Å². The number of nitrogens with zero attached hydrogens (tertiary/aromatic N) is 3. The molecule has 1 unspecified atom stereocenters. The van der Waals surface area contributed by atoms with Crippen molar-refractivity contribution in [3.63, 3.8) is 0 Å². The van der Waals surface area contributed by atoms with Gasteiger partial charge in [0.15, 0.2) is 5.96 Å². The Morgan fingerprint density at radius 2 is 2.03 bits per heavy atom. The second-order valence-corrected chi connectivity index (χ2v) is 7.25. The zero-order valence-corrected chi connectivity index (χ0v) is 21.4. The maximum atomic E-state index is 5.72. The highest BCUT2D eigenvalue weighted by Gasteiger charge is 2.25. The summed E-state index contributed by atoms with van der Waals surface area (Å²) in [6, 6.07) is 12.3. The van der Waals surface area contributed by atoms with Crippen LogP contribution >= 0.6 is 24.0 Å². The van der Waals surface area contributed by atoms with Gasteiger partial charge in [0.25, 0.3) is 0 Å². The van der Waals surface area contributed by atoms with Gasteiger partial charge in [0.1, 0.15) is 12.4 Å². The van der Waals surface area contributed by atoms with Crippen LogP contribution in [0.2, 0.25) is 0 Å². The van der Waals surface area contributed by atoms with Gasteiger partial charge in [0, 0.05) is 44.5 Å². The largest absolute Gasteiger partial charge is 0.495 e. The lowest BCUT2D eigenvalue weighted by Gasteiger charge is -2.22. The van der Waals surface area contributed by atoms with E-state index < -0.39 is 0 Å². The lowest BCUT2D eigenvalue weighted by Crippen LogP contribution is -2.44. The van der Waals surface area contributed by atoms with Crippen molar-refractivity contribution in [2.45, 2.75) is 25.9 Å². The van der Waals surface area contributed by atoms with Crippen molar-refractivity contribution in [3.05, 3.63) is 48.2 Å². The molecule has 1 aromatic heterocycles. The van der Waals surface area contributed by atoms with Crippen LogP contribution in [0.25, 0.3) is 0 Å². The predicted molar refractivity (Wildman–Crippen MR) is 139 cm³/mol. The van der Waals surface area contributed by atoms with Gasteiger partial charge in [-0.05, 0) is 31.5 Å². The fraction of sp³-hybridized carbons (Fsp3) is 0.478. The first-order chi connectivity index (χ1) is 15.2. The number of para-hydroxylation sites is 2. The van der Waals surface area contributed by atoms with Crippen LogP contribution < -0.4 is 25.0 Å². The molecule has 0 bridgehead atoms. The monoisotopic (exact) mass is 555 g/mol. The van der Waals surface area contributed by atoms with E-state index in [9.17, 15) is 0 Å².